The van der Waals surface area contributed by atoms with E-state index in [1.165, 1.54) is 42.9 Å². The summed E-state index contributed by atoms with van der Waals surface area (Å²) in [6.45, 7) is 1.81. The standard InChI is InChI=1S/C22H20FN5O3/c1-13(25-19-18(12-24)21(30)28(3)22(31)27(19)2)14-6-10-17(11-7-14)26-20(29)15-4-8-16(23)9-5-15/h4-11,13,25H,1-3H3,(H,26,29). The van der Waals surface area contributed by atoms with Gasteiger partial charge in [0.15, 0.2) is 5.56 Å². The molecule has 1 heterocycles. The van der Waals surface area contributed by atoms with E-state index in [2.05, 4.69) is 10.6 Å². The second kappa shape index (κ2) is 8.67. The van der Waals surface area contributed by atoms with Gasteiger partial charge in [0.2, 0.25) is 0 Å². The van der Waals surface area contributed by atoms with Crippen molar-refractivity contribution in [2.45, 2.75) is 13.0 Å². The number of anilines is 2. The summed E-state index contributed by atoms with van der Waals surface area (Å²) in [6.07, 6.45) is 0. The summed E-state index contributed by atoms with van der Waals surface area (Å²) in [7, 11) is 2.80. The maximum Gasteiger partial charge on any atom is 0.332 e. The van der Waals surface area contributed by atoms with Gasteiger partial charge in [0.05, 0.1) is 0 Å². The van der Waals surface area contributed by atoms with Gasteiger partial charge >= 0.3 is 5.69 Å². The molecular weight excluding hydrogens is 401 g/mol. The fourth-order valence-electron chi connectivity index (χ4n) is 3.06. The fourth-order valence-corrected chi connectivity index (χ4v) is 3.06. The van der Waals surface area contributed by atoms with Crippen molar-refractivity contribution in [3.05, 3.63) is 91.9 Å². The van der Waals surface area contributed by atoms with Gasteiger partial charge in [-0.2, -0.15) is 5.26 Å². The predicted molar refractivity (Wildman–Crippen MR) is 114 cm³/mol. The summed E-state index contributed by atoms with van der Waals surface area (Å²) in [6, 6.07) is 13.7. The van der Waals surface area contributed by atoms with Gasteiger partial charge < -0.3 is 10.6 Å². The number of carbonyl (C=O) groups is 1. The normalized spacial score (nSPS) is 11.5. The molecule has 0 aliphatic heterocycles. The van der Waals surface area contributed by atoms with E-state index >= 15 is 0 Å². The first-order chi connectivity index (χ1) is 14.7. The summed E-state index contributed by atoms with van der Waals surface area (Å²) in [5.41, 5.74) is 0.313. The molecule has 1 amide bonds. The van der Waals surface area contributed by atoms with Crippen molar-refractivity contribution >= 4 is 17.4 Å². The molecule has 0 aliphatic carbocycles. The van der Waals surface area contributed by atoms with Crippen molar-refractivity contribution in [2.75, 3.05) is 10.6 Å². The molecule has 2 aromatic carbocycles. The minimum Gasteiger partial charge on any atom is -0.364 e. The highest BCUT2D eigenvalue weighted by molar-refractivity contribution is 6.04. The third-order valence-electron chi connectivity index (χ3n) is 4.90. The third-order valence-corrected chi connectivity index (χ3v) is 4.90. The summed E-state index contributed by atoms with van der Waals surface area (Å²) < 4.78 is 15.1. The first kappa shape index (κ1) is 21.5. The van der Waals surface area contributed by atoms with Crippen molar-refractivity contribution in [2.24, 2.45) is 14.1 Å². The Morgan fingerprint density at radius 2 is 1.65 bits per heavy atom. The lowest BCUT2D eigenvalue weighted by atomic mass is 10.1. The van der Waals surface area contributed by atoms with Crippen LogP contribution >= 0.6 is 0 Å². The number of nitriles is 1. The maximum atomic E-state index is 13.0. The van der Waals surface area contributed by atoms with Crippen LogP contribution in [0, 0.1) is 17.1 Å². The van der Waals surface area contributed by atoms with Crippen LogP contribution in [0.1, 0.15) is 34.5 Å². The number of aromatic nitrogens is 2. The zero-order valence-corrected chi connectivity index (χ0v) is 17.1. The number of benzene rings is 2. The molecule has 2 N–H and O–H groups in total. The number of hydrogen-bond donors (Lipinski definition) is 2. The molecule has 0 bridgehead atoms. The lowest BCUT2D eigenvalue weighted by molar-refractivity contribution is 0.102. The van der Waals surface area contributed by atoms with Crippen LogP contribution in [-0.4, -0.2) is 15.0 Å². The SMILES string of the molecule is CC(Nc1c(C#N)c(=O)n(C)c(=O)n1C)c1ccc(NC(=O)c2ccc(F)cc2)cc1. The monoisotopic (exact) mass is 421 g/mol. The van der Waals surface area contributed by atoms with E-state index in [4.69, 9.17) is 0 Å². The molecule has 0 saturated heterocycles. The Morgan fingerprint density at radius 3 is 2.23 bits per heavy atom. The van der Waals surface area contributed by atoms with Crippen molar-refractivity contribution in [3.8, 4) is 6.07 Å². The van der Waals surface area contributed by atoms with Gasteiger partial charge in [0, 0.05) is 31.4 Å². The third kappa shape index (κ3) is 4.38. The zero-order valence-electron chi connectivity index (χ0n) is 17.1. The van der Waals surface area contributed by atoms with Crippen molar-refractivity contribution in [1.29, 1.82) is 5.26 Å². The smallest absolute Gasteiger partial charge is 0.332 e. The Kier molecular flexibility index (Phi) is 6.02. The predicted octanol–water partition coefficient (Wildman–Crippen LogP) is 2.52. The van der Waals surface area contributed by atoms with E-state index < -0.39 is 17.1 Å². The van der Waals surface area contributed by atoms with Crippen LogP contribution in [0.2, 0.25) is 0 Å². The van der Waals surface area contributed by atoms with Crippen LogP contribution in [0.4, 0.5) is 15.9 Å². The van der Waals surface area contributed by atoms with E-state index in [0.29, 0.717) is 11.3 Å². The summed E-state index contributed by atoms with van der Waals surface area (Å²) in [5.74, 6) is -0.653. The van der Waals surface area contributed by atoms with E-state index in [1.54, 1.807) is 24.3 Å². The molecule has 158 valence electrons. The van der Waals surface area contributed by atoms with E-state index in [1.807, 2.05) is 13.0 Å². The van der Waals surface area contributed by atoms with Gasteiger partial charge in [-0.3, -0.25) is 18.7 Å². The van der Waals surface area contributed by atoms with Crippen LogP contribution in [0.3, 0.4) is 0 Å². The number of nitrogens with one attached hydrogen (secondary N) is 2. The lowest BCUT2D eigenvalue weighted by Gasteiger charge is -2.19. The molecule has 0 radical (unpaired) electrons. The van der Waals surface area contributed by atoms with Gasteiger partial charge in [-0.05, 0) is 48.9 Å². The van der Waals surface area contributed by atoms with E-state index in [-0.39, 0.29) is 23.3 Å². The van der Waals surface area contributed by atoms with Gasteiger partial charge in [0.25, 0.3) is 11.5 Å². The molecule has 31 heavy (non-hydrogen) atoms. The second-order valence-corrected chi connectivity index (χ2v) is 6.99. The average molecular weight is 421 g/mol. The Morgan fingerprint density at radius 1 is 1.03 bits per heavy atom. The number of hydrogen-bond acceptors (Lipinski definition) is 5. The lowest BCUT2D eigenvalue weighted by Crippen LogP contribution is -2.40. The fraction of sp³-hybridized carbons (Fsp3) is 0.182. The highest BCUT2D eigenvalue weighted by Gasteiger charge is 2.18. The highest BCUT2D eigenvalue weighted by atomic mass is 19.1. The molecule has 0 fully saturated rings. The van der Waals surface area contributed by atoms with Crippen LogP contribution in [-0.2, 0) is 14.1 Å². The first-order valence-corrected chi connectivity index (χ1v) is 9.36. The molecule has 8 nitrogen and oxygen atoms in total. The molecule has 0 saturated carbocycles. The summed E-state index contributed by atoms with van der Waals surface area (Å²) in [4.78, 5) is 36.7. The Bertz CT molecular complexity index is 1290. The van der Waals surface area contributed by atoms with Gasteiger partial charge in [-0.1, -0.05) is 12.1 Å². The number of rotatable bonds is 5. The minimum atomic E-state index is -0.667. The zero-order chi connectivity index (χ0) is 22.7. The van der Waals surface area contributed by atoms with Crippen molar-refractivity contribution in [3.63, 3.8) is 0 Å². The highest BCUT2D eigenvalue weighted by Crippen LogP contribution is 2.21. The second-order valence-electron chi connectivity index (χ2n) is 6.99. The molecule has 0 aliphatic rings. The molecule has 9 heteroatoms. The number of halogens is 1. The number of amides is 1. The minimum absolute atomic E-state index is 0.136. The molecule has 1 unspecified atom stereocenters. The first-order valence-electron chi connectivity index (χ1n) is 9.36. The molecular formula is C22H20FN5O3. The number of nitrogens with zero attached hydrogens (tertiary/aromatic N) is 3. The van der Waals surface area contributed by atoms with Crippen molar-refractivity contribution < 1.29 is 9.18 Å². The van der Waals surface area contributed by atoms with Crippen LogP contribution < -0.4 is 21.9 Å². The van der Waals surface area contributed by atoms with E-state index in [9.17, 15) is 24.0 Å². The quantitative estimate of drug-likeness (QED) is 0.658. The van der Waals surface area contributed by atoms with Crippen LogP contribution in [0.5, 0.6) is 0 Å². The van der Waals surface area contributed by atoms with E-state index in [0.717, 1.165) is 10.1 Å². The Balaban J connectivity index is 1.79. The molecule has 1 aromatic heterocycles. The van der Waals surface area contributed by atoms with Crippen LogP contribution in [0.15, 0.2) is 58.1 Å². The topological polar surface area (TPSA) is 109 Å². The van der Waals surface area contributed by atoms with Gasteiger partial charge in [0.1, 0.15) is 17.7 Å². The Hall–Kier alpha value is -4.19. The largest absolute Gasteiger partial charge is 0.364 e. The average Bonchev–Trinajstić information content (AvgIpc) is 2.77. The summed E-state index contributed by atoms with van der Waals surface area (Å²) >= 11 is 0. The molecule has 3 aromatic rings. The van der Waals surface area contributed by atoms with Crippen LogP contribution in [0.25, 0.3) is 0 Å². The van der Waals surface area contributed by atoms with Gasteiger partial charge in [-0.25, -0.2) is 9.18 Å². The summed E-state index contributed by atoms with van der Waals surface area (Å²) in [5, 5.41) is 15.2. The molecule has 0 spiro atoms. The van der Waals surface area contributed by atoms with Gasteiger partial charge in [-0.15, -0.1) is 0 Å². The molecule has 3 rings (SSSR count). The maximum absolute atomic E-state index is 13.0. The molecule has 1 atom stereocenters. The van der Waals surface area contributed by atoms with Crippen molar-refractivity contribution in [1.82, 2.24) is 9.13 Å². The Labute approximate surface area is 177 Å². The number of carbonyl (C=O) groups excluding carboxylic acids is 1.